The summed E-state index contributed by atoms with van der Waals surface area (Å²) in [4.78, 5) is 1.09. The van der Waals surface area contributed by atoms with Crippen LogP contribution < -0.4 is 5.73 Å². The molecule has 0 saturated carbocycles. The van der Waals surface area contributed by atoms with Crippen molar-refractivity contribution >= 4 is 44.7 Å². The Balaban J connectivity index is 2.30. The van der Waals surface area contributed by atoms with Crippen LogP contribution in [-0.4, -0.2) is 9.78 Å². The second-order valence-corrected chi connectivity index (χ2v) is 6.57. The van der Waals surface area contributed by atoms with Crippen molar-refractivity contribution in [1.29, 1.82) is 0 Å². The van der Waals surface area contributed by atoms with Crippen molar-refractivity contribution in [3.63, 3.8) is 0 Å². The highest BCUT2D eigenvalue weighted by atomic mass is 79.9. The van der Waals surface area contributed by atoms with Crippen LogP contribution in [0.3, 0.4) is 0 Å². The second-order valence-electron chi connectivity index (χ2n) is 4.33. The minimum absolute atomic E-state index is 0.648. The van der Waals surface area contributed by atoms with Crippen LogP contribution in [0.25, 0.3) is 21.7 Å². The maximum atomic E-state index is 6.18. The van der Waals surface area contributed by atoms with Crippen LogP contribution in [0.4, 0.5) is 5.82 Å². The molecule has 6 heteroatoms. The van der Waals surface area contributed by atoms with E-state index >= 15 is 0 Å². The second kappa shape index (κ2) is 5.24. The van der Waals surface area contributed by atoms with Gasteiger partial charge in [0.15, 0.2) is 0 Å². The van der Waals surface area contributed by atoms with Gasteiger partial charge in [-0.1, -0.05) is 33.6 Å². The Morgan fingerprint density at radius 3 is 2.85 bits per heavy atom. The summed E-state index contributed by atoms with van der Waals surface area (Å²) in [5.41, 5.74) is 8.90. The fourth-order valence-corrected chi connectivity index (χ4v) is 3.45. The summed E-state index contributed by atoms with van der Waals surface area (Å²) < 4.78 is 2.63. The summed E-state index contributed by atoms with van der Waals surface area (Å²) in [6.45, 7) is 0. The van der Waals surface area contributed by atoms with Gasteiger partial charge >= 0.3 is 0 Å². The molecule has 2 aromatic heterocycles. The predicted molar refractivity (Wildman–Crippen MR) is 89.1 cm³/mol. The molecule has 0 unspecified atom stereocenters. The van der Waals surface area contributed by atoms with E-state index in [-0.39, 0.29) is 0 Å². The van der Waals surface area contributed by atoms with E-state index in [1.54, 1.807) is 16.0 Å². The van der Waals surface area contributed by atoms with Gasteiger partial charge in [0, 0.05) is 27.0 Å². The van der Waals surface area contributed by atoms with Crippen LogP contribution in [0, 0.1) is 0 Å². The van der Waals surface area contributed by atoms with Gasteiger partial charge in [-0.25, -0.2) is 0 Å². The number of rotatable bonds is 2. The Morgan fingerprint density at radius 2 is 2.15 bits per heavy atom. The molecule has 0 saturated heterocycles. The third kappa shape index (κ3) is 2.26. The lowest BCUT2D eigenvalue weighted by atomic mass is 10.1. The fourth-order valence-electron chi connectivity index (χ4n) is 2.07. The molecule has 1 aromatic carbocycles. The van der Waals surface area contributed by atoms with Gasteiger partial charge in [0.25, 0.3) is 0 Å². The van der Waals surface area contributed by atoms with Crippen LogP contribution in [0.1, 0.15) is 0 Å². The highest BCUT2D eigenvalue weighted by molar-refractivity contribution is 9.10. The number of aryl methyl sites for hydroxylation is 1. The van der Waals surface area contributed by atoms with E-state index in [0.717, 1.165) is 26.2 Å². The molecule has 2 heterocycles. The summed E-state index contributed by atoms with van der Waals surface area (Å²) in [7, 11) is 1.84. The van der Waals surface area contributed by atoms with Gasteiger partial charge in [-0.15, -0.1) is 11.3 Å². The Kier molecular flexibility index (Phi) is 3.58. The first kappa shape index (κ1) is 13.7. The number of halogens is 2. The van der Waals surface area contributed by atoms with Gasteiger partial charge in [0.2, 0.25) is 0 Å². The van der Waals surface area contributed by atoms with Gasteiger partial charge < -0.3 is 5.73 Å². The topological polar surface area (TPSA) is 43.8 Å². The molecule has 3 aromatic rings. The predicted octanol–water partition coefficient (Wildman–Crippen LogP) is 4.81. The number of hydrogen-bond donors (Lipinski definition) is 1. The monoisotopic (exact) mass is 367 g/mol. The molecular formula is C14H11BrClN3S. The maximum absolute atomic E-state index is 6.18. The van der Waals surface area contributed by atoms with E-state index in [2.05, 4.69) is 21.0 Å². The van der Waals surface area contributed by atoms with E-state index in [1.165, 1.54) is 0 Å². The van der Waals surface area contributed by atoms with E-state index in [9.17, 15) is 0 Å². The van der Waals surface area contributed by atoms with Crippen molar-refractivity contribution in [2.75, 3.05) is 5.73 Å². The minimum Gasteiger partial charge on any atom is -0.383 e. The Morgan fingerprint density at radius 1 is 1.35 bits per heavy atom. The highest BCUT2D eigenvalue weighted by Gasteiger charge is 2.19. The van der Waals surface area contributed by atoms with Crippen LogP contribution in [0.5, 0.6) is 0 Å². The summed E-state index contributed by atoms with van der Waals surface area (Å²) >= 11 is 11.3. The Hall–Kier alpha value is -1.30. The van der Waals surface area contributed by atoms with Gasteiger partial charge in [0.1, 0.15) is 11.5 Å². The van der Waals surface area contributed by atoms with E-state index < -0.39 is 0 Å². The van der Waals surface area contributed by atoms with Gasteiger partial charge in [0.05, 0.1) is 5.56 Å². The largest absolute Gasteiger partial charge is 0.383 e. The third-order valence-corrected chi connectivity index (χ3v) is 4.86. The molecule has 0 fully saturated rings. The van der Waals surface area contributed by atoms with E-state index in [1.807, 2.05) is 42.8 Å². The number of nitrogens with zero attached hydrogens (tertiary/aromatic N) is 2. The van der Waals surface area contributed by atoms with Crippen molar-refractivity contribution in [2.24, 2.45) is 7.05 Å². The smallest absolute Gasteiger partial charge is 0.130 e. The maximum Gasteiger partial charge on any atom is 0.130 e. The lowest BCUT2D eigenvalue weighted by Gasteiger charge is -2.05. The zero-order valence-corrected chi connectivity index (χ0v) is 13.8. The van der Waals surface area contributed by atoms with Gasteiger partial charge in [-0.05, 0) is 29.6 Å². The first-order chi connectivity index (χ1) is 9.58. The molecule has 0 aliphatic carbocycles. The van der Waals surface area contributed by atoms with Crippen LogP contribution in [-0.2, 0) is 7.05 Å². The number of hydrogen-bond acceptors (Lipinski definition) is 3. The van der Waals surface area contributed by atoms with E-state index in [0.29, 0.717) is 10.8 Å². The average molecular weight is 369 g/mol. The number of thiophene rings is 1. The molecule has 2 N–H and O–H groups in total. The summed E-state index contributed by atoms with van der Waals surface area (Å²) in [5, 5.41) is 7.25. The van der Waals surface area contributed by atoms with Crippen molar-refractivity contribution in [3.8, 4) is 21.7 Å². The standard InChI is InChI=1S/C14H11BrClN3S/c1-19-14(17)12(11-3-2-6-20-11)13(18-19)9-7-8(16)4-5-10(9)15/h2-7H,17H2,1H3. The molecule has 0 spiro atoms. The van der Waals surface area contributed by atoms with Crippen molar-refractivity contribution in [3.05, 3.63) is 45.2 Å². The Labute approximate surface area is 134 Å². The molecule has 102 valence electrons. The van der Waals surface area contributed by atoms with Crippen LogP contribution in [0.15, 0.2) is 40.2 Å². The number of nitrogen functional groups attached to an aromatic ring is 1. The molecule has 0 radical (unpaired) electrons. The number of benzene rings is 1. The van der Waals surface area contributed by atoms with Crippen molar-refractivity contribution in [1.82, 2.24) is 9.78 Å². The molecule has 0 aliphatic rings. The third-order valence-electron chi connectivity index (χ3n) is 3.04. The first-order valence-corrected chi connectivity index (χ1v) is 7.94. The van der Waals surface area contributed by atoms with Gasteiger partial charge in [-0.2, -0.15) is 5.10 Å². The van der Waals surface area contributed by atoms with E-state index in [4.69, 9.17) is 17.3 Å². The molecule has 0 aliphatic heterocycles. The summed E-state index contributed by atoms with van der Waals surface area (Å²) in [5.74, 6) is 0.648. The zero-order chi connectivity index (χ0) is 14.3. The molecule has 3 nitrogen and oxygen atoms in total. The molecule has 0 bridgehead atoms. The van der Waals surface area contributed by atoms with Gasteiger partial charge in [-0.3, -0.25) is 4.68 Å². The van der Waals surface area contributed by atoms with Crippen molar-refractivity contribution < 1.29 is 0 Å². The summed E-state index contributed by atoms with van der Waals surface area (Å²) in [6, 6.07) is 9.70. The SMILES string of the molecule is Cn1nc(-c2cc(Cl)ccc2Br)c(-c2cccs2)c1N. The van der Waals surface area contributed by atoms with Crippen LogP contribution >= 0.6 is 38.9 Å². The Bertz CT molecular complexity index is 765. The van der Waals surface area contributed by atoms with Crippen LogP contribution in [0.2, 0.25) is 5.02 Å². The molecule has 0 amide bonds. The molecule has 20 heavy (non-hydrogen) atoms. The average Bonchev–Trinajstić information content (AvgIpc) is 3.02. The molecular weight excluding hydrogens is 358 g/mol. The molecule has 0 atom stereocenters. The first-order valence-electron chi connectivity index (χ1n) is 5.89. The summed E-state index contributed by atoms with van der Waals surface area (Å²) in [6.07, 6.45) is 0. The minimum atomic E-state index is 0.648. The number of anilines is 1. The fraction of sp³-hybridized carbons (Fsp3) is 0.0714. The normalized spacial score (nSPS) is 10.9. The quantitative estimate of drug-likeness (QED) is 0.705. The zero-order valence-electron chi connectivity index (χ0n) is 10.6. The van der Waals surface area contributed by atoms with Crippen molar-refractivity contribution in [2.45, 2.75) is 0 Å². The lowest BCUT2D eigenvalue weighted by Crippen LogP contribution is -1.97. The number of nitrogens with two attached hydrogens (primary N) is 1. The highest BCUT2D eigenvalue weighted by Crippen LogP contribution is 2.41. The lowest BCUT2D eigenvalue weighted by molar-refractivity contribution is 0.782. The number of aromatic nitrogens is 2. The molecule has 3 rings (SSSR count).